The number of nitriles is 2. The molecule has 0 aromatic rings. The van der Waals surface area contributed by atoms with E-state index in [0.717, 1.165) is 0 Å². The summed E-state index contributed by atoms with van der Waals surface area (Å²) in [6.07, 6.45) is 1.00. The molecule has 1 radical (unpaired) electrons. The van der Waals surface area contributed by atoms with Crippen LogP contribution >= 0.6 is 0 Å². The molecule has 0 atom stereocenters. The van der Waals surface area contributed by atoms with E-state index in [9.17, 15) is 0 Å². The number of hydrogen-bond donors (Lipinski definition) is 0. The molecule has 0 bridgehead atoms. The normalized spacial score (nSPS) is 2.00. The molecular formula is C2AuN2O2. The maximum absolute atomic E-state index is 8.24. The summed E-state index contributed by atoms with van der Waals surface area (Å²) in [6.45, 7) is 0. The fourth-order valence-corrected chi connectivity index (χ4v) is 0. The van der Waals surface area contributed by atoms with Crippen LogP contribution in [0, 0.1) is 23.0 Å². The summed E-state index contributed by atoms with van der Waals surface area (Å²) in [4.78, 5) is 0. The third-order valence-electron chi connectivity index (χ3n) is 0. The van der Waals surface area contributed by atoms with Crippen molar-refractivity contribution in [2.45, 2.75) is 0 Å². The van der Waals surface area contributed by atoms with Crippen molar-refractivity contribution in [1.82, 2.24) is 0 Å². The minimum Gasteiger partial charge on any atom is -0.812 e. The van der Waals surface area contributed by atoms with Gasteiger partial charge < -0.3 is 10.2 Å². The van der Waals surface area contributed by atoms with E-state index in [1.165, 1.54) is 0 Å². The molecule has 0 unspecified atom stereocenters. The molecule has 0 heterocycles. The molecule has 0 saturated carbocycles. The Kier molecular flexibility index (Phi) is 132. The van der Waals surface area contributed by atoms with Crippen LogP contribution < -0.4 is 10.2 Å². The second-order valence-corrected chi connectivity index (χ2v) is 0.183. The molecule has 41 valence electrons. The summed E-state index contributed by atoms with van der Waals surface area (Å²) >= 11 is 0. The van der Waals surface area contributed by atoms with Gasteiger partial charge >= 0.3 is 22.4 Å². The minimum atomic E-state index is 0. The van der Waals surface area contributed by atoms with Crippen molar-refractivity contribution in [3.05, 3.63) is 0 Å². The summed E-state index contributed by atoms with van der Waals surface area (Å²) in [5.41, 5.74) is 0. The maximum atomic E-state index is 8.24. The molecule has 0 aliphatic heterocycles. The van der Waals surface area contributed by atoms with E-state index >= 15 is 0 Å². The minimum absolute atomic E-state index is 0. The predicted octanol–water partition coefficient (Wildman–Crippen LogP) is -2.35. The summed E-state index contributed by atoms with van der Waals surface area (Å²) in [5, 5.41) is 30.0. The van der Waals surface area contributed by atoms with Gasteiger partial charge in [-0.05, 0) is 0 Å². The van der Waals surface area contributed by atoms with Gasteiger partial charge in [0.2, 0.25) is 0 Å². The van der Waals surface area contributed by atoms with Crippen LogP contribution in [0.5, 0.6) is 0 Å². The first-order valence-corrected chi connectivity index (χ1v) is 0.855. The fraction of sp³-hybridized carbons (Fsp3) is 0. The molecule has 0 aliphatic carbocycles. The van der Waals surface area contributed by atoms with Gasteiger partial charge in [-0.25, -0.2) is 10.5 Å². The van der Waals surface area contributed by atoms with Crippen molar-refractivity contribution in [3.8, 4) is 12.5 Å². The van der Waals surface area contributed by atoms with Gasteiger partial charge in [0.05, 0.1) is 0 Å². The van der Waals surface area contributed by atoms with Gasteiger partial charge in [-0.15, -0.1) is 0 Å². The average molecular weight is 281 g/mol. The van der Waals surface area contributed by atoms with Crippen molar-refractivity contribution < 1.29 is 32.6 Å². The van der Waals surface area contributed by atoms with Crippen LogP contribution in [-0.2, 0) is 22.4 Å². The fourth-order valence-electron chi connectivity index (χ4n) is 0. The van der Waals surface area contributed by atoms with E-state index in [1.807, 2.05) is 0 Å². The first kappa shape index (κ1) is 16.2. The molecule has 5 heteroatoms. The van der Waals surface area contributed by atoms with Gasteiger partial charge in [0.1, 0.15) is 0 Å². The van der Waals surface area contributed by atoms with E-state index in [4.69, 9.17) is 20.7 Å². The van der Waals surface area contributed by atoms with Crippen LogP contribution in [0.25, 0.3) is 0 Å². The summed E-state index contributed by atoms with van der Waals surface area (Å²) in [5.74, 6) is 0. The Labute approximate surface area is 56.1 Å². The zero-order valence-corrected chi connectivity index (χ0v) is 5.18. The SMILES string of the molecule is N#C[O-].N#C[O-].[Au+2]. The number of rotatable bonds is 0. The summed E-state index contributed by atoms with van der Waals surface area (Å²) in [6, 6.07) is 0. The molecule has 0 amide bonds. The zero-order valence-electron chi connectivity index (χ0n) is 3.01. The molecule has 0 aromatic heterocycles. The quantitative estimate of drug-likeness (QED) is 0.367. The summed E-state index contributed by atoms with van der Waals surface area (Å²) in [7, 11) is 0. The van der Waals surface area contributed by atoms with Gasteiger partial charge in [0.15, 0.2) is 0 Å². The van der Waals surface area contributed by atoms with Crippen LogP contribution in [0.1, 0.15) is 0 Å². The molecular weight excluding hydrogens is 281 g/mol. The van der Waals surface area contributed by atoms with Gasteiger partial charge in [0.25, 0.3) is 0 Å². The van der Waals surface area contributed by atoms with Crippen LogP contribution in [0.4, 0.5) is 0 Å². The Morgan fingerprint density at radius 2 is 1.00 bits per heavy atom. The predicted molar refractivity (Wildman–Crippen MR) is 11.2 cm³/mol. The van der Waals surface area contributed by atoms with E-state index < -0.39 is 0 Å². The Hall–Kier alpha value is -0.680. The van der Waals surface area contributed by atoms with Crippen molar-refractivity contribution in [2.24, 2.45) is 0 Å². The van der Waals surface area contributed by atoms with E-state index in [0.29, 0.717) is 12.5 Å². The van der Waals surface area contributed by atoms with Crippen molar-refractivity contribution in [3.63, 3.8) is 0 Å². The molecule has 0 spiro atoms. The third kappa shape index (κ3) is 127. The molecule has 0 aliphatic rings. The first-order valence-electron chi connectivity index (χ1n) is 0.855. The van der Waals surface area contributed by atoms with Gasteiger partial charge in [0, 0.05) is 12.5 Å². The molecule has 7 heavy (non-hydrogen) atoms. The van der Waals surface area contributed by atoms with E-state index in [-0.39, 0.29) is 22.4 Å². The Morgan fingerprint density at radius 1 is 1.00 bits per heavy atom. The Balaban J connectivity index is -0.0000000400. The molecule has 0 fully saturated rings. The smallest absolute Gasteiger partial charge is 0.812 e. The molecule has 0 N–H and O–H groups in total. The summed E-state index contributed by atoms with van der Waals surface area (Å²) < 4.78 is 0. The van der Waals surface area contributed by atoms with Gasteiger partial charge in [-0.1, -0.05) is 0 Å². The number of hydrogen-bond acceptors (Lipinski definition) is 4. The van der Waals surface area contributed by atoms with Gasteiger partial charge in [-0.2, -0.15) is 0 Å². The third-order valence-corrected chi connectivity index (χ3v) is 0. The van der Waals surface area contributed by atoms with Crippen LogP contribution in [0.3, 0.4) is 0 Å². The van der Waals surface area contributed by atoms with Crippen molar-refractivity contribution >= 4 is 0 Å². The zero-order chi connectivity index (χ0) is 5.41. The van der Waals surface area contributed by atoms with Crippen LogP contribution in [0.15, 0.2) is 0 Å². The van der Waals surface area contributed by atoms with E-state index in [2.05, 4.69) is 0 Å². The van der Waals surface area contributed by atoms with E-state index in [1.54, 1.807) is 0 Å². The maximum Gasteiger partial charge on any atom is 2.00 e. The Morgan fingerprint density at radius 3 is 1.00 bits per heavy atom. The van der Waals surface area contributed by atoms with Gasteiger partial charge in [-0.3, -0.25) is 0 Å². The second kappa shape index (κ2) is 57.0. The largest absolute Gasteiger partial charge is 2.00 e. The molecule has 4 nitrogen and oxygen atoms in total. The molecule has 0 aromatic carbocycles. The standard InChI is InChI=1S/2CHNO.Au/c2*2-1-3;/h2*3H;/q;;+2/p-2. The monoisotopic (exact) mass is 281 g/mol. The molecule has 0 saturated heterocycles. The van der Waals surface area contributed by atoms with Crippen LogP contribution in [-0.4, -0.2) is 0 Å². The second-order valence-electron chi connectivity index (χ2n) is 0.183. The topological polar surface area (TPSA) is 93.7 Å². The average Bonchev–Trinajstić information content (AvgIpc) is 1.39. The Bertz CT molecular complexity index is 68.7. The van der Waals surface area contributed by atoms with Crippen molar-refractivity contribution in [1.29, 1.82) is 10.5 Å². The molecule has 0 rings (SSSR count). The first-order chi connectivity index (χ1) is 2.83. The van der Waals surface area contributed by atoms with Crippen molar-refractivity contribution in [2.75, 3.05) is 0 Å². The number of nitrogens with zero attached hydrogens (tertiary/aromatic N) is 2. The van der Waals surface area contributed by atoms with Crippen LogP contribution in [0.2, 0.25) is 0 Å².